The number of carbonyl (C=O) groups excluding carboxylic acids is 1. The summed E-state index contributed by atoms with van der Waals surface area (Å²) < 4.78 is 14.0. The molecule has 0 saturated carbocycles. The fraction of sp³-hybridized carbons (Fsp3) is 0.462. The molecule has 6 nitrogen and oxygen atoms in total. The van der Waals surface area contributed by atoms with E-state index in [-0.39, 0.29) is 17.7 Å². The summed E-state index contributed by atoms with van der Waals surface area (Å²) in [5.41, 5.74) is 0. The normalized spacial score (nSPS) is 12.6. The highest BCUT2D eigenvalue weighted by Gasteiger charge is 2.20. The molecule has 0 spiro atoms. The fourth-order valence-corrected chi connectivity index (χ4v) is 3.72. The van der Waals surface area contributed by atoms with E-state index in [4.69, 9.17) is 0 Å². The average Bonchev–Trinajstić information content (AvgIpc) is 3.08. The van der Waals surface area contributed by atoms with E-state index in [0.717, 1.165) is 4.88 Å². The SMILES string of the molecule is CC(C)n1cnnc1S(=O)CC(=O)N(C)Cc1cccs1. The maximum absolute atomic E-state index is 12.3. The molecule has 2 aromatic rings. The Labute approximate surface area is 130 Å². The van der Waals surface area contributed by atoms with Crippen LogP contribution in [0.1, 0.15) is 24.8 Å². The van der Waals surface area contributed by atoms with Gasteiger partial charge in [0.25, 0.3) is 0 Å². The van der Waals surface area contributed by atoms with Gasteiger partial charge in [0, 0.05) is 18.0 Å². The maximum Gasteiger partial charge on any atom is 0.235 e. The molecule has 0 aliphatic carbocycles. The molecular formula is C13H18N4O2S2. The lowest BCUT2D eigenvalue weighted by atomic mass is 10.4. The van der Waals surface area contributed by atoms with Gasteiger partial charge in [-0.15, -0.1) is 21.5 Å². The molecule has 2 aromatic heterocycles. The van der Waals surface area contributed by atoms with Crippen LogP contribution in [-0.4, -0.2) is 42.6 Å². The lowest BCUT2D eigenvalue weighted by Gasteiger charge is -2.16. The van der Waals surface area contributed by atoms with Crippen LogP contribution >= 0.6 is 11.3 Å². The predicted octanol–water partition coefficient (Wildman–Crippen LogP) is 1.69. The summed E-state index contributed by atoms with van der Waals surface area (Å²) in [5, 5.41) is 9.96. The second-order valence-electron chi connectivity index (χ2n) is 4.93. The van der Waals surface area contributed by atoms with Crippen molar-refractivity contribution in [3.8, 4) is 0 Å². The number of aromatic nitrogens is 3. The maximum atomic E-state index is 12.3. The molecule has 0 saturated heterocycles. The van der Waals surface area contributed by atoms with E-state index in [2.05, 4.69) is 10.2 Å². The molecular weight excluding hydrogens is 308 g/mol. The van der Waals surface area contributed by atoms with Crippen LogP contribution in [0, 0.1) is 0 Å². The Morgan fingerprint density at radius 1 is 1.52 bits per heavy atom. The van der Waals surface area contributed by atoms with Crippen molar-refractivity contribution in [1.29, 1.82) is 0 Å². The van der Waals surface area contributed by atoms with E-state index in [1.54, 1.807) is 27.9 Å². The number of amides is 1. The molecule has 0 radical (unpaired) electrons. The molecule has 2 rings (SSSR count). The topological polar surface area (TPSA) is 68.1 Å². The molecule has 1 unspecified atom stereocenters. The van der Waals surface area contributed by atoms with Crippen LogP contribution in [0.2, 0.25) is 0 Å². The van der Waals surface area contributed by atoms with Crippen LogP contribution in [0.15, 0.2) is 29.0 Å². The van der Waals surface area contributed by atoms with Crippen molar-refractivity contribution in [2.24, 2.45) is 0 Å². The summed E-state index contributed by atoms with van der Waals surface area (Å²) in [5.74, 6) is -0.243. The molecule has 0 aliphatic rings. The van der Waals surface area contributed by atoms with Gasteiger partial charge in [0.05, 0.1) is 6.54 Å². The van der Waals surface area contributed by atoms with Gasteiger partial charge in [0.2, 0.25) is 11.1 Å². The Hall–Kier alpha value is -1.54. The summed E-state index contributed by atoms with van der Waals surface area (Å²) >= 11 is 1.60. The molecule has 0 fully saturated rings. The number of rotatable bonds is 6. The van der Waals surface area contributed by atoms with Gasteiger partial charge >= 0.3 is 0 Å². The Morgan fingerprint density at radius 2 is 2.29 bits per heavy atom. The van der Waals surface area contributed by atoms with E-state index in [1.165, 1.54) is 6.33 Å². The van der Waals surface area contributed by atoms with Crippen molar-refractivity contribution >= 4 is 28.0 Å². The molecule has 2 heterocycles. The van der Waals surface area contributed by atoms with Crippen LogP contribution in [0.4, 0.5) is 0 Å². The number of carbonyl (C=O) groups is 1. The molecule has 114 valence electrons. The number of thiophene rings is 1. The first kappa shape index (κ1) is 15.8. The van der Waals surface area contributed by atoms with Crippen molar-refractivity contribution in [2.75, 3.05) is 12.8 Å². The summed E-state index contributed by atoms with van der Waals surface area (Å²) in [6, 6.07) is 4.03. The summed E-state index contributed by atoms with van der Waals surface area (Å²) in [6.07, 6.45) is 1.54. The minimum atomic E-state index is -1.48. The van der Waals surface area contributed by atoms with Crippen LogP contribution in [-0.2, 0) is 22.1 Å². The molecule has 0 N–H and O–H groups in total. The number of hydrogen-bond acceptors (Lipinski definition) is 5. The molecule has 0 aromatic carbocycles. The van der Waals surface area contributed by atoms with E-state index >= 15 is 0 Å². The van der Waals surface area contributed by atoms with Crippen molar-refractivity contribution in [3.05, 3.63) is 28.7 Å². The zero-order valence-corrected chi connectivity index (χ0v) is 13.9. The second kappa shape index (κ2) is 6.95. The van der Waals surface area contributed by atoms with E-state index < -0.39 is 10.8 Å². The van der Waals surface area contributed by atoms with Crippen molar-refractivity contribution < 1.29 is 9.00 Å². The molecule has 1 atom stereocenters. The predicted molar refractivity (Wildman–Crippen MR) is 82.5 cm³/mol. The lowest BCUT2D eigenvalue weighted by Crippen LogP contribution is -2.30. The van der Waals surface area contributed by atoms with Gasteiger partial charge in [-0.25, -0.2) is 0 Å². The van der Waals surface area contributed by atoms with Gasteiger partial charge < -0.3 is 9.47 Å². The molecule has 21 heavy (non-hydrogen) atoms. The molecule has 0 bridgehead atoms. The smallest absolute Gasteiger partial charge is 0.235 e. The minimum absolute atomic E-state index is 0.0761. The van der Waals surface area contributed by atoms with E-state index in [0.29, 0.717) is 11.7 Å². The van der Waals surface area contributed by atoms with Crippen LogP contribution in [0.25, 0.3) is 0 Å². The highest BCUT2D eigenvalue weighted by Crippen LogP contribution is 2.13. The summed E-state index contributed by atoms with van der Waals surface area (Å²) in [6.45, 7) is 4.44. The number of hydrogen-bond donors (Lipinski definition) is 0. The van der Waals surface area contributed by atoms with E-state index in [1.807, 2.05) is 31.4 Å². The van der Waals surface area contributed by atoms with Gasteiger partial charge in [-0.05, 0) is 25.3 Å². The Morgan fingerprint density at radius 3 is 2.90 bits per heavy atom. The van der Waals surface area contributed by atoms with Crippen LogP contribution < -0.4 is 0 Å². The van der Waals surface area contributed by atoms with Crippen molar-refractivity contribution in [1.82, 2.24) is 19.7 Å². The zero-order chi connectivity index (χ0) is 15.4. The Balaban J connectivity index is 1.98. The largest absolute Gasteiger partial charge is 0.340 e. The third-order valence-corrected chi connectivity index (χ3v) is 5.02. The van der Waals surface area contributed by atoms with E-state index in [9.17, 15) is 9.00 Å². The highest BCUT2D eigenvalue weighted by atomic mass is 32.2. The minimum Gasteiger partial charge on any atom is -0.340 e. The van der Waals surface area contributed by atoms with Crippen LogP contribution in [0.3, 0.4) is 0 Å². The average molecular weight is 326 g/mol. The highest BCUT2D eigenvalue weighted by molar-refractivity contribution is 7.85. The van der Waals surface area contributed by atoms with Crippen LogP contribution in [0.5, 0.6) is 0 Å². The standard InChI is InChI=1S/C13H18N4O2S2/c1-10(2)17-9-14-15-13(17)21(19)8-12(18)16(3)7-11-5-4-6-20-11/h4-6,9-10H,7-8H2,1-3H3. The van der Waals surface area contributed by atoms with Gasteiger partial charge in [-0.3, -0.25) is 9.00 Å². The van der Waals surface area contributed by atoms with Gasteiger partial charge in [-0.2, -0.15) is 0 Å². The summed E-state index contributed by atoms with van der Waals surface area (Å²) in [7, 11) is 0.233. The third kappa shape index (κ3) is 3.98. The zero-order valence-electron chi connectivity index (χ0n) is 12.2. The molecule has 0 aliphatic heterocycles. The monoisotopic (exact) mass is 326 g/mol. The first-order valence-electron chi connectivity index (χ1n) is 6.53. The first-order chi connectivity index (χ1) is 9.99. The Kier molecular flexibility index (Phi) is 5.24. The number of nitrogens with zero attached hydrogens (tertiary/aromatic N) is 4. The first-order valence-corrected chi connectivity index (χ1v) is 8.73. The van der Waals surface area contributed by atoms with Crippen molar-refractivity contribution in [3.63, 3.8) is 0 Å². The third-order valence-electron chi connectivity index (χ3n) is 2.95. The van der Waals surface area contributed by atoms with Crippen molar-refractivity contribution in [2.45, 2.75) is 31.6 Å². The molecule has 8 heteroatoms. The van der Waals surface area contributed by atoms with Gasteiger partial charge in [0.1, 0.15) is 22.9 Å². The second-order valence-corrected chi connectivity index (χ2v) is 7.31. The summed E-state index contributed by atoms with van der Waals surface area (Å²) in [4.78, 5) is 14.8. The van der Waals surface area contributed by atoms with Gasteiger partial charge in [-0.1, -0.05) is 6.07 Å². The quantitative estimate of drug-likeness (QED) is 0.810. The Bertz CT molecular complexity index is 622. The fourth-order valence-electron chi connectivity index (χ4n) is 1.76. The lowest BCUT2D eigenvalue weighted by molar-refractivity contribution is -0.127. The molecule has 1 amide bonds. The van der Waals surface area contributed by atoms with Gasteiger partial charge in [0.15, 0.2) is 0 Å².